The van der Waals surface area contributed by atoms with E-state index in [2.05, 4.69) is 9.71 Å². The SMILES string of the molecule is Cc1cc(N)cc(C)c1S(=O)(=O)NCc1scnc1C. The molecule has 0 atom stereocenters. The number of nitrogen functional groups attached to an aromatic ring is 1. The largest absolute Gasteiger partial charge is 0.399 e. The first kappa shape index (κ1) is 15.0. The minimum atomic E-state index is -3.56. The molecule has 1 aromatic heterocycles. The number of nitrogens with one attached hydrogen (secondary N) is 1. The van der Waals surface area contributed by atoms with Crippen LogP contribution in [0.25, 0.3) is 0 Å². The van der Waals surface area contributed by atoms with Crippen LogP contribution in [-0.2, 0) is 16.6 Å². The van der Waals surface area contributed by atoms with Gasteiger partial charge >= 0.3 is 0 Å². The van der Waals surface area contributed by atoms with Crippen molar-refractivity contribution in [2.24, 2.45) is 0 Å². The van der Waals surface area contributed by atoms with E-state index in [9.17, 15) is 8.42 Å². The Morgan fingerprint density at radius 3 is 2.35 bits per heavy atom. The number of thiazole rings is 1. The van der Waals surface area contributed by atoms with Gasteiger partial charge in [0.05, 0.1) is 16.1 Å². The molecule has 3 N–H and O–H groups in total. The molecule has 0 saturated heterocycles. The Labute approximate surface area is 122 Å². The summed E-state index contributed by atoms with van der Waals surface area (Å²) in [6.07, 6.45) is 0. The predicted octanol–water partition coefficient (Wildman–Crippen LogP) is 2.13. The van der Waals surface area contributed by atoms with Crippen LogP contribution in [0.4, 0.5) is 5.69 Å². The molecule has 0 aliphatic heterocycles. The summed E-state index contributed by atoms with van der Waals surface area (Å²) >= 11 is 1.44. The summed E-state index contributed by atoms with van der Waals surface area (Å²) in [5.74, 6) is 0. The molecule has 0 saturated carbocycles. The van der Waals surface area contributed by atoms with Gasteiger partial charge in [0.2, 0.25) is 10.0 Å². The van der Waals surface area contributed by atoms with Gasteiger partial charge in [-0.05, 0) is 44.0 Å². The number of anilines is 1. The molecule has 0 unspecified atom stereocenters. The molecule has 20 heavy (non-hydrogen) atoms. The van der Waals surface area contributed by atoms with Gasteiger partial charge in [0.25, 0.3) is 0 Å². The minimum Gasteiger partial charge on any atom is -0.399 e. The number of hydrogen-bond acceptors (Lipinski definition) is 5. The standard InChI is InChI=1S/C13H17N3O2S2/c1-8-4-11(14)5-9(2)13(8)20(17,18)16-6-12-10(3)15-7-19-12/h4-5,7,16H,6,14H2,1-3H3. The quantitative estimate of drug-likeness (QED) is 0.847. The normalized spacial score (nSPS) is 11.8. The van der Waals surface area contributed by atoms with Gasteiger partial charge in [-0.1, -0.05) is 0 Å². The highest BCUT2D eigenvalue weighted by Crippen LogP contribution is 2.23. The minimum absolute atomic E-state index is 0.252. The third-order valence-electron chi connectivity index (χ3n) is 3.02. The third-order valence-corrected chi connectivity index (χ3v) is 5.66. The van der Waals surface area contributed by atoms with E-state index >= 15 is 0 Å². The average molecular weight is 311 g/mol. The first-order chi connectivity index (χ1) is 9.31. The Balaban J connectivity index is 2.30. The van der Waals surface area contributed by atoms with Crippen molar-refractivity contribution in [3.05, 3.63) is 39.3 Å². The van der Waals surface area contributed by atoms with Crippen molar-refractivity contribution >= 4 is 27.0 Å². The molecule has 1 heterocycles. The van der Waals surface area contributed by atoms with Crippen molar-refractivity contribution in [1.82, 2.24) is 9.71 Å². The number of hydrogen-bond donors (Lipinski definition) is 2. The van der Waals surface area contributed by atoms with E-state index in [4.69, 9.17) is 5.73 Å². The van der Waals surface area contributed by atoms with Crippen molar-refractivity contribution in [3.8, 4) is 0 Å². The van der Waals surface area contributed by atoms with E-state index < -0.39 is 10.0 Å². The van der Waals surface area contributed by atoms with Crippen LogP contribution in [-0.4, -0.2) is 13.4 Å². The fourth-order valence-electron chi connectivity index (χ4n) is 2.14. The first-order valence-corrected chi connectivity index (χ1v) is 8.43. The van der Waals surface area contributed by atoms with E-state index in [0.717, 1.165) is 10.6 Å². The molecule has 108 valence electrons. The summed E-state index contributed by atoms with van der Waals surface area (Å²) in [5, 5.41) is 0. The number of nitrogens with zero attached hydrogens (tertiary/aromatic N) is 1. The van der Waals surface area contributed by atoms with Crippen LogP contribution in [0.1, 0.15) is 21.7 Å². The van der Waals surface area contributed by atoms with Gasteiger partial charge in [0, 0.05) is 17.1 Å². The molecule has 0 aliphatic carbocycles. The predicted molar refractivity (Wildman–Crippen MR) is 81.2 cm³/mol. The average Bonchev–Trinajstić information content (AvgIpc) is 2.70. The van der Waals surface area contributed by atoms with Gasteiger partial charge in [-0.2, -0.15) is 0 Å². The number of aryl methyl sites for hydroxylation is 3. The lowest BCUT2D eigenvalue weighted by Gasteiger charge is -2.12. The smallest absolute Gasteiger partial charge is 0.241 e. The number of nitrogens with two attached hydrogens (primary N) is 1. The van der Waals surface area contributed by atoms with Crippen molar-refractivity contribution in [3.63, 3.8) is 0 Å². The van der Waals surface area contributed by atoms with Crippen LogP contribution < -0.4 is 10.5 Å². The van der Waals surface area contributed by atoms with Gasteiger partial charge in [0.1, 0.15) is 0 Å². The van der Waals surface area contributed by atoms with Crippen molar-refractivity contribution < 1.29 is 8.42 Å². The zero-order valence-corrected chi connectivity index (χ0v) is 13.2. The summed E-state index contributed by atoms with van der Waals surface area (Å²) < 4.78 is 27.5. The van der Waals surface area contributed by atoms with Crippen LogP contribution in [0.15, 0.2) is 22.5 Å². The van der Waals surface area contributed by atoms with Crippen molar-refractivity contribution in [2.45, 2.75) is 32.2 Å². The summed E-state index contributed by atoms with van der Waals surface area (Å²) in [5.41, 5.74) is 10.1. The number of rotatable bonds is 4. The summed E-state index contributed by atoms with van der Waals surface area (Å²) in [4.78, 5) is 5.32. The molecular formula is C13H17N3O2S2. The van der Waals surface area contributed by atoms with Gasteiger partial charge < -0.3 is 5.73 Å². The second-order valence-electron chi connectivity index (χ2n) is 4.67. The Morgan fingerprint density at radius 1 is 1.25 bits per heavy atom. The highest BCUT2D eigenvalue weighted by atomic mass is 32.2. The van der Waals surface area contributed by atoms with Crippen LogP contribution in [0.5, 0.6) is 0 Å². The molecule has 0 amide bonds. The molecule has 1 aromatic carbocycles. The zero-order valence-electron chi connectivity index (χ0n) is 11.6. The van der Waals surface area contributed by atoms with Gasteiger partial charge in [-0.15, -0.1) is 11.3 Å². The molecule has 5 nitrogen and oxygen atoms in total. The Bertz CT molecular complexity index is 713. The number of benzene rings is 1. The van der Waals surface area contributed by atoms with E-state index in [-0.39, 0.29) is 6.54 Å². The lowest BCUT2D eigenvalue weighted by molar-refractivity contribution is 0.580. The fourth-order valence-corrected chi connectivity index (χ4v) is 4.39. The highest BCUT2D eigenvalue weighted by molar-refractivity contribution is 7.89. The fraction of sp³-hybridized carbons (Fsp3) is 0.308. The van der Waals surface area contributed by atoms with Crippen molar-refractivity contribution in [1.29, 1.82) is 0 Å². The number of sulfonamides is 1. The Kier molecular flexibility index (Phi) is 4.12. The van der Waals surface area contributed by atoms with Gasteiger partial charge in [0.15, 0.2) is 0 Å². The topological polar surface area (TPSA) is 85.1 Å². The number of aromatic nitrogens is 1. The molecule has 0 bridgehead atoms. The molecular weight excluding hydrogens is 294 g/mol. The van der Waals surface area contributed by atoms with Crippen LogP contribution in [0, 0.1) is 20.8 Å². The summed E-state index contributed by atoms with van der Waals surface area (Å²) in [6.45, 7) is 5.60. The van der Waals surface area contributed by atoms with E-state index in [1.807, 2.05) is 6.92 Å². The monoisotopic (exact) mass is 311 g/mol. The maximum Gasteiger partial charge on any atom is 0.241 e. The third kappa shape index (κ3) is 3.00. The summed E-state index contributed by atoms with van der Waals surface area (Å²) in [7, 11) is -3.56. The second-order valence-corrected chi connectivity index (χ2v) is 7.31. The van der Waals surface area contributed by atoms with Crippen molar-refractivity contribution in [2.75, 3.05) is 5.73 Å². The highest BCUT2D eigenvalue weighted by Gasteiger charge is 2.20. The Morgan fingerprint density at radius 2 is 1.85 bits per heavy atom. The van der Waals surface area contributed by atoms with E-state index in [0.29, 0.717) is 21.7 Å². The van der Waals surface area contributed by atoms with E-state index in [1.54, 1.807) is 31.5 Å². The van der Waals surface area contributed by atoms with E-state index in [1.165, 1.54) is 11.3 Å². The molecule has 7 heteroatoms. The Hall–Kier alpha value is -1.44. The summed E-state index contributed by atoms with van der Waals surface area (Å²) in [6, 6.07) is 3.33. The molecule has 2 rings (SSSR count). The molecule has 0 aliphatic rings. The molecule has 0 spiro atoms. The molecule has 2 aromatic rings. The molecule has 0 radical (unpaired) electrons. The van der Waals surface area contributed by atoms with Crippen LogP contribution >= 0.6 is 11.3 Å². The first-order valence-electron chi connectivity index (χ1n) is 6.06. The maximum absolute atomic E-state index is 12.4. The second kappa shape index (κ2) is 5.51. The zero-order chi connectivity index (χ0) is 14.9. The van der Waals surface area contributed by atoms with Gasteiger partial charge in [-0.25, -0.2) is 18.1 Å². The van der Waals surface area contributed by atoms with Gasteiger partial charge in [-0.3, -0.25) is 0 Å². The lowest BCUT2D eigenvalue weighted by Crippen LogP contribution is -2.24. The van der Waals surface area contributed by atoms with Crippen LogP contribution in [0.3, 0.4) is 0 Å². The van der Waals surface area contributed by atoms with Crippen LogP contribution in [0.2, 0.25) is 0 Å². The maximum atomic E-state index is 12.4. The molecule has 0 fully saturated rings. The lowest BCUT2D eigenvalue weighted by atomic mass is 10.1.